The van der Waals surface area contributed by atoms with Crippen LogP contribution in [0.1, 0.15) is 40.5 Å². The second-order valence-corrected chi connectivity index (χ2v) is 5.87. The molecule has 1 aliphatic heterocycles. The predicted octanol–water partition coefficient (Wildman–Crippen LogP) is 1.97. The van der Waals surface area contributed by atoms with Crippen LogP contribution in [0.4, 0.5) is 5.95 Å². The number of anilines is 1. The molecule has 0 spiro atoms. The van der Waals surface area contributed by atoms with Crippen LogP contribution < -0.4 is 10.6 Å². The van der Waals surface area contributed by atoms with Crippen molar-refractivity contribution in [2.75, 3.05) is 18.4 Å². The van der Waals surface area contributed by atoms with Gasteiger partial charge in [0.1, 0.15) is 5.75 Å². The number of para-hydroxylation sites is 1. The third-order valence-corrected chi connectivity index (χ3v) is 4.19. The first-order chi connectivity index (χ1) is 11.1. The summed E-state index contributed by atoms with van der Waals surface area (Å²) >= 11 is 0. The molecule has 1 amide bonds. The summed E-state index contributed by atoms with van der Waals surface area (Å²) in [5.41, 5.74) is 0.891. The lowest BCUT2D eigenvalue weighted by molar-refractivity contribution is 0.102. The minimum atomic E-state index is -0.390. The van der Waals surface area contributed by atoms with Crippen molar-refractivity contribution in [1.82, 2.24) is 20.1 Å². The van der Waals surface area contributed by atoms with E-state index in [0.29, 0.717) is 17.4 Å². The highest BCUT2D eigenvalue weighted by atomic mass is 35.5. The van der Waals surface area contributed by atoms with Crippen LogP contribution in [0.15, 0.2) is 18.2 Å². The zero-order valence-corrected chi connectivity index (χ0v) is 14.6. The molecule has 3 N–H and O–H groups in total. The zero-order chi connectivity index (χ0) is 16.4. The number of carbonyl (C=O) groups excluding carboxylic acids is 1. The monoisotopic (exact) mass is 351 g/mol. The molecule has 0 radical (unpaired) electrons. The van der Waals surface area contributed by atoms with Crippen LogP contribution in [0.25, 0.3) is 0 Å². The van der Waals surface area contributed by atoms with Crippen molar-refractivity contribution in [2.24, 2.45) is 7.05 Å². The molecule has 8 heteroatoms. The minimum Gasteiger partial charge on any atom is -0.507 e. The van der Waals surface area contributed by atoms with Crippen LogP contribution in [0.5, 0.6) is 5.75 Å². The number of halogens is 1. The lowest BCUT2D eigenvalue weighted by atomic mass is 9.98. The molecule has 2 heterocycles. The van der Waals surface area contributed by atoms with E-state index in [1.165, 1.54) is 0 Å². The van der Waals surface area contributed by atoms with E-state index in [4.69, 9.17) is 0 Å². The van der Waals surface area contributed by atoms with Crippen LogP contribution in [-0.2, 0) is 7.05 Å². The van der Waals surface area contributed by atoms with Gasteiger partial charge in [0.05, 0.1) is 5.56 Å². The van der Waals surface area contributed by atoms with Crippen LogP contribution in [0, 0.1) is 6.92 Å². The van der Waals surface area contributed by atoms with Crippen molar-refractivity contribution < 1.29 is 9.90 Å². The Labute approximate surface area is 146 Å². The fourth-order valence-electron chi connectivity index (χ4n) is 2.78. The van der Waals surface area contributed by atoms with Crippen LogP contribution >= 0.6 is 12.4 Å². The first kappa shape index (κ1) is 18.2. The number of nitrogens with one attached hydrogen (secondary N) is 2. The van der Waals surface area contributed by atoms with Gasteiger partial charge in [0.2, 0.25) is 5.95 Å². The molecule has 0 bridgehead atoms. The number of benzene rings is 1. The number of piperidine rings is 1. The number of aryl methyl sites for hydroxylation is 2. The Kier molecular flexibility index (Phi) is 5.80. The Hall–Kier alpha value is -2.12. The molecule has 0 aliphatic carbocycles. The number of hydrogen-bond acceptors (Lipinski definition) is 5. The van der Waals surface area contributed by atoms with Gasteiger partial charge in [-0.25, -0.2) is 4.68 Å². The highest BCUT2D eigenvalue weighted by Gasteiger charge is 2.22. The molecule has 1 aliphatic rings. The molecule has 3 rings (SSSR count). The Bertz CT molecular complexity index is 725. The van der Waals surface area contributed by atoms with E-state index < -0.39 is 5.91 Å². The molecule has 0 unspecified atom stereocenters. The summed E-state index contributed by atoms with van der Waals surface area (Å²) in [5, 5.41) is 20.5. The highest BCUT2D eigenvalue weighted by molar-refractivity contribution is 6.05. The molecule has 1 aromatic heterocycles. The summed E-state index contributed by atoms with van der Waals surface area (Å²) in [6.45, 7) is 3.67. The third-order valence-electron chi connectivity index (χ3n) is 4.19. The SMILES string of the molecule is Cc1cccc(C(=O)Nc2nc(C3CCNCC3)nn2C)c1O.Cl. The maximum Gasteiger partial charge on any atom is 0.261 e. The van der Waals surface area contributed by atoms with Gasteiger partial charge in [-0.05, 0) is 44.5 Å². The van der Waals surface area contributed by atoms with Crippen molar-refractivity contribution in [2.45, 2.75) is 25.7 Å². The maximum absolute atomic E-state index is 12.4. The van der Waals surface area contributed by atoms with Gasteiger partial charge >= 0.3 is 0 Å². The van der Waals surface area contributed by atoms with Gasteiger partial charge in [-0.2, -0.15) is 10.1 Å². The Morgan fingerprint density at radius 2 is 2.08 bits per heavy atom. The minimum absolute atomic E-state index is 0. The summed E-state index contributed by atoms with van der Waals surface area (Å²) in [5.74, 6) is 1.08. The number of hydrogen-bond donors (Lipinski definition) is 3. The molecule has 2 aromatic rings. The first-order valence-electron chi connectivity index (χ1n) is 7.78. The van der Waals surface area contributed by atoms with E-state index in [9.17, 15) is 9.90 Å². The Morgan fingerprint density at radius 1 is 1.38 bits per heavy atom. The van der Waals surface area contributed by atoms with Crippen molar-refractivity contribution in [3.63, 3.8) is 0 Å². The number of phenolic OH excluding ortho intramolecular Hbond substituents is 1. The number of carbonyl (C=O) groups is 1. The zero-order valence-electron chi connectivity index (χ0n) is 13.7. The normalized spacial score (nSPS) is 14.9. The number of nitrogens with zero attached hydrogens (tertiary/aromatic N) is 3. The number of phenols is 1. The molecule has 0 atom stereocenters. The smallest absolute Gasteiger partial charge is 0.261 e. The van der Waals surface area contributed by atoms with E-state index in [1.54, 1.807) is 36.9 Å². The summed E-state index contributed by atoms with van der Waals surface area (Å²) in [4.78, 5) is 16.8. The van der Waals surface area contributed by atoms with Gasteiger partial charge < -0.3 is 10.4 Å². The lowest BCUT2D eigenvalue weighted by Crippen LogP contribution is -2.27. The van der Waals surface area contributed by atoms with Gasteiger partial charge in [0, 0.05) is 13.0 Å². The van der Waals surface area contributed by atoms with E-state index in [-0.39, 0.29) is 23.7 Å². The van der Waals surface area contributed by atoms with Crippen molar-refractivity contribution in [3.05, 3.63) is 35.2 Å². The predicted molar refractivity (Wildman–Crippen MR) is 93.9 cm³/mol. The van der Waals surface area contributed by atoms with Gasteiger partial charge in [-0.3, -0.25) is 10.1 Å². The average molecular weight is 352 g/mol. The molecular weight excluding hydrogens is 330 g/mol. The van der Waals surface area contributed by atoms with Crippen molar-refractivity contribution in [3.8, 4) is 5.75 Å². The lowest BCUT2D eigenvalue weighted by Gasteiger charge is -2.19. The third kappa shape index (κ3) is 3.68. The summed E-state index contributed by atoms with van der Waals surface area (Å²) < 4.78 is 1.57. The fourth-order valence-corrected chi connectivity index (χ4v) is 2.78. The number of aromatic nitrogens is 3. The summed E-state index contributed by atoms with van der Waals surface area (Å²) in [6.07, 6.45) is 1.99. The second-order valence-electron chi connectivity index (χ2n) is 5.87. The van der Waals surface area contributed by atoms with Gasteiger partial charge in [0.15, 0.2) is 5.82 Å². The molecule has 0 saturated carbocycles. The quantitative estimate of drug-likeness (QED) is 0.786. The van der Waals surface area contributed by atoms with Gasteiger partial charge in [-0.1, -0.05) is 12.1 Å². The van der Waals surface area contributed by atoms with Crippen LogP contribution in [0.2, 0.25) is 0 Å². The number of aromatic hydroxyl groups is 1. The molecular formula is C16H22ClN5O2. The fraction of sp³-hybridized carbons (Fsp3) is 0.438. The molecule has 1 fully saturated rings. The molecule has 130 valence electrons. The topological polar surface area (TPSA) is 92.1 Å². The van der Waals surface area contributed by atoms with E-state index >= 15 is 0 Å². The summed E-state index contributed by atoms with van der Waals surface area (Å²) in [7, 11) is 1.75. The van der Waals surface area contributed by atoms with Crippen molar-refractivity contribution in [1.29, 1.82) is 0 Å². The maximum atomic E-state index is 12.4. The molecule has 7 nitrogen and oxygen atoms in total. The van der Waals surface area contributed by atoms with E-state index in [1.807, 2.05) is 0 Å². The van der Waals surface area contributed by atoms with Crippen molar-refractivity contribution >= 4 is 24.3 Å². The Balaban J connectivity index is 0.00000208. The standard InChI is InChI=1S/C16H21N5O2.ClH/c1-10-4-3-5-12(13(10)22)15(23)19-16-18-14(20-21(16)2)11-6-8-17-9-7-11;/h3-5,11,17,22H,6-9H2,1-2H3,(H,18,19,20,23);1H. The molecule has 1 aromatic carbocycles. The average Bonchev–Trinajstić information content (AvgIpc) is 2.92. The largest absolute Gasteiger partial charge is 0.507 e. The van der Waals surface area contributed by atoms with Crippen LogP contribution in [0.3, 0.4) is 0 Å². The van der Waals surface area contributed by atoms with E-state index in [0.717, 1.165) is 31.8 Å². The highest BCUT2D eigenvalue weighted by Crippen LogP contribution is 2.25. The number of amides is 1. The van der Waals surface area contributed by atoms with Crippen LogP contribution in [-0.4, -0.2) is 38.9 Å². The van der Waals surface area contributed by atoms with Gasteiger partial charge in [-0.15, -0.1) is 12.4 Å². The Morgan fingerprint density at radius 3 is 2.79 bits per heavy atom. The summed E-state index contributed by atoms with van der Waals surface area (Å²) in [6, 6.07) is 5.08. The molecule has 24 heavy (non-hydrogen) atoms. The second kappa shape index (κ2) is 7.63. The molecule has 1 saturated heterocycles. The number of rotatable bonds is 3. The van der Waals surface area contributed by atoms with Gasteiger partial charge in [0.25, 0.3) is 5.91 Å². The van der Waals surface area contributed by atoms with E-state index in [2.05, 4.69) is 20.7 Å². The first-order valence-corrected chi connectivity index (χ1v) is 7.78.